The second kappa shape index (κ2) is 4.77. The number of nitrogens with two attached hydrogens (primary N) is 1. The van der Waals surface area contributed by atoms with Gasteiger partial charge in [-0.05, 0) is 19.7 Å². The quantitative estimate of drug-likeness (QED) is 0.561. The van der Waals surface area contributed by atoms with Crippen molar-refractivity contribution in [1.82, 2.24) is 4.90 Å². The third-order valence-electron chi connectivity index (χ3n) is 2.22. The Morgan fingerprint density at radius 1 is 1.36 bits per heavy atom. The van der Waals surface area contributed by atoms with Crippen LogP contribution >= 0.6 is 0 Å². The predicted molar refractivity (Wildman–Crippen MR) is 59.4 cm³/mol. The summed E-state index contributed by atoms with van der Waals surface area (Å²) in [6.07, 6.45) is 0.580. The molecule has 1 rings (SSSR count). The van der Waals surface area contributed by atoms with E-state index >= 15 is 0 Å². The van der Waals surface area contributed by atoms with Crippen molar-refractivity contribution in [3.63, 3.8) is 0 Å². The molecule has 76 valence electrons. The van der Waals surface area contributed by atoms with E-state index in [2.05, 4.69) is 17.0 Å². The minimum atomic E-state index is 0.202. The van der Waals surface area contributed by atoms with Crippen molar-refractivity contribution in [3.05, 3.63) is 35.9 Å². The van der Waals surface area contributed by atoms with Gasteiger partial charge in [-0.3, -0.25) is 5.41 Å². The lowest BCUT2D eigenvalue weighted by atomic mass is 10.0. The van der Waals surface area contributed by atoms with Crippen LogP contribution < -0.4 is 5.73 Å². The number of nitrogens with one attached hydrogen (secondary N) is 1. The highest BCUT2D eigenvalue weighted by atomic mass is 15.1. The van der Waals surface area contributed by atoms with E-state index < -0.39 is 0 Å². The molecule has 0 aliphatic heterocycles. The Morgan fingerprint density at radius 3 is 2.36 bits per heavy atom. The molecule has 0 radical (unpaired) electrons. The molecule has 1 atom stereocenters. The first-order valence-electron chi connectivity index (χ1n) is 4.65. The van der Waals surface area contributed by atoms with Gasteiger partial charge in [-0.1, -0.05) is 30.3 Å². The van der Waals surface area contributed by atoms with E-state index in [-0.39, 0.29) is 11.9 Å². The average Bonchev–Trinajstić information content (AvgIpc) is 2.15. The fourth-order valence-corrected chi connectivity index (χ4v) is 1.48. The highest BCUT2D eigenvalue weighted by molar-refractivity contribution is 5.77. The lowest BCUT2D eigenvalue weighted by Gasteiger charge is -2.24. The van der Waals surface area contributed by atoms with Gasteiger partial charge in [0.15, 0.2) is 0 Å². The van der Waals surface area contributed by atoms with Crippen LogP contribution in [0, 0.1) is 5.41 Å². The Hall–Kier alpha value is -1.35. The van der Waals surface area contributed by atoms with Crippen molar-refractivity contribution < 1.29 is 0 Å². The third kappa shape index (κ3) is 2.85. The van der Waals surface area contributed by atoms with Crippen molar-refractivity contribution in [3.8, 4) is 0 Å². The van der Waals surface area contributed by atoms with Crippen LogP contribution in [0.25, 0.3) is 0 Å². The maximum absolute atomic E-state index is 7.32. The molecule has 0 bridgehead atoms. The van der Waals surface area contributed by atoms with Gasteiger partial charge in [0.25, 0.3) is 0 Å². The molecule has 1 aromatic rings. The molecule has 0 saturated carbocycles. The maximum Gasteiger partial charge on any atom is 0.0924 e. The van der Waals surface area contributed by atoms with Gasteiger partial charge in [-0.2, -0.15) is 0 Å². The van der Waals surface area contributed by atoms with Crippen molar-refractivity contribution in [2.24, 2.45) is 5.73 Å². The van der Waals surface area contributed by atoms with Gasteiger partial charge in [-0.15, -0.1) is 0 Å². The molecule has 3 N–H and O–H groups in total. The molecular formula is C11H17N3. The number of nitrogens with zero attached hydrogens (tertiary/aromatic N) is 1. The Balaban J connectivity index is 2.83. The van der Waals surface area contributed by atoms with Crippen molar-refractivity contribution in [2.75, 3.05) is 14.1 Å². The van der Waals surface area contributed by atoms with Crippen LogP contribution in [0.1, 0.15) is 18.0 Å². The van der Waals surface area contributed by atoms with Gasteiger partial charge in [0.05, 0.1) is 5.84 Å². The van der Waals surface area contributed by atoms with Crippen LogP contribution in [0.4, 0.5) is 0 Å². The summed E-state index contributed by atoms with van der Waals surface area (Å²) in [5.74, 6) is 0.229. The summed E-state index contributed by atoms with van der Waals surface area (Å²) >= 11 is 0. The predicted octanol–water partition coefficient (Wildman–Crippen LogP) is 1.62. The third-order valence-corrected chi connectivity index (χ3v) is 2.22. The van der Waals surface area contributed by atoms with E-state index in [0.717, 1.165) is 0 Å². The van der Waals surface area contributed by atoms with Gasteiger partial charge in [0, 0.05) is 12.5 Å². The van der Waals surface area contributed by atoms with Gasteiger partial charge in [0.1, 0.15) is 0 Å². The Kier molecular flexibility index (Phi) is 3.65. The van der Waals surface area contributed by atoms with Crippen LogP contribution in [0.3, 0.4) is 0 Å². The van der Waals surface area contributed by atoms with Gasteiger partial charge in [0.2, 0.25) is 0 Å². The molecular weight excluding hydrogens is 174 g/mol. The minimum absolute atomic E-state index is 0.202. The summed E-state index contributed by atoms with van der Waals surface area (Å²) in [6, 6.07) is 10.3. The highest BCUT2D eigenvalue weighted by Gasteiger charge is 2.14. The Labute approximate surface area is 85.0 Å². The van der Waals surface area contributed by atoms with Crippen LogP contribution in [0.5, 0.6) is 0 Å². The van der Waals surface area contributed by atoms with Gasteiger partial charge < -0.3 is 10.6 Å². The maximum atomic E-state index is 7.32. The lowest BCUT2D eigenvalue weighted by Crippen LogP contribution is -2.25. The second-order valence-electron chi connectivity index (χ2n) is 3.62. The van der Waals surface area contributed by atoms with Crippen molar-refractivity contribution in [2.45, 2.75) is 12.5 Å². The number of rotatable bonds is 4. The van der Waals surface area contributed by atoms with Gasteiger partial charge >= 0.3 is 0 Å². The first-order valence-corrected chi connectivity index (χ1v) is 4.65. The molecule has 0 aliphatic carbocycles. The van der Waals surface area contributed by atoms with E-state index in [0.29, 0.717) is 6.42 Å². The smallest absolute Gasteiger partial charge is 0.0924 e. The number of hydrogen-bond donors (Lipinski definition) is 2. The topological polar surface area (TPSA) is 53.1 Å². The zero-order valence-electron chi connectivity index (χ0n) is 8.70. The molecule has 14 heavy (non-hydrogen) atoms. The number of hydrogen-bond acceptors (Lipinski definition) is 2. The standard InChI is InChI=1S/C11H17N3/c1-14(2)10(8-11(12)13)9-6-4-3-5-7-9/h3-7,10H,8H2,1-2H3,(H3,12,13). The Bertz CT molecular complexity index is 293. The van der Waals surface area contributed by atoms with E-state index in [9.17, 15) is 0 Å². The summed E-state index contributed by atoms with van der Waals surface area (Å²) < 4.78 is 0. The summed E-state index contributed by atoms with van der Waals surface area (Å²) in [6.45, 7) is 0. The molecule has 1 unspecified atom stereocenters. The molecule has 3 heteroatoms. The number of amidine groups is 1. The molecule has 1 aromatic carbocycles. The molecule has 0 spiro atoms. The fraction of sp³-hybridized carbons (Fsp3) is 0.364. The summed E-state index contributed by atoms with van der Waals surface area (Å²) in [5.41, 5.74) is 6.63. The number of benzene rings is 1. The molecule has 3 nitrogen and oxygen atoms in total. The van der Waals surface area contributed by atoms with Crippen LogP contribution in [-0.2, 0) is 0 Å². The molecule has 0 heterocycles. The van der Waals surface area contributed by atoms with Crippen molar-refractivity contribution in [1.29, 1.82) is 5.41 Å². The summed E-state index contributed by atoms with van der Waals surface area (Å²) in [7, 11) is 4.00. The Morgan fingerprint density at radius 2 is 1.93 bits per heavy atom. The minimum Gasteiger partial charge on any atom is -0.388 e. The van der Waals surface area contributed by atoms with E-state index in [1.54, 1.807) is 0 Å². The first kappa shape index (κ1) is 10.7. The summed E-state index contributed by atoms with van der Waals surface area (Å²) in [4.78, 5) is 2.08. The van der Waals surface area contributed by atoms with Crippen LogP contribution in [-0.4, -0.2) is 24.8 Å². The monoisotopic (exact) mass is 191 g/mol. The molecule has 0 fully saturated rings. The fourth-order valence-electron chi connectivity index (χ4n) is 1.48. The highest BCUT2D eigenvalue weighted by Crippen LogP contribution is 2.20. The second-order valence-corrected chi connectivity index (χ2v) is 3.62. The molecule has 0 aromatic heterocycles. The first-order chi connectivity index (χ1) is 6.61. The average molecular weight is 191 g/mol. The zero-order valence-corrected chi connectivity index (χ0v) is 8.70. The van der Waals surface area contributed by atoms with Crippen molar-refractivity contribution >= 4 is 5.84 Å². The zero-order chi connectivity index (χ0) is 10.6. The van der Waals surface area contributed by atoms with Crippen LogP contribution in [0.2, 0.25) is 0 Å². The molecule has 0 saturated heterocycles. The molecule has 0 amide bonds. The summed E-state index contributed by atoms with van der Waals surface area (Å²) in [5, 5.41) is 7.32. The van der Waals surface area contributed by atoms with E-state index in [1.807, 2.05) is 32.3 Å². The van der Waals surface area contributed by atoms with Crippen LogP contribution in [0.15, 0.2) is 30.3 Å². The normalized spacial score (nSPS) is 12.8. The van der Waals surface area contributed by atoms with E-state index in [4.69, 9.17) is 11.1 Å². The van der Waals surface area contributed by atoms with Gasteiger partial charge in [-0.25, -0.2) is 0 Å². The van der Waals surface area contributed by atoms with E-state index in [1.165, 1.54) is 5.56 Å². The SMILES string of the molecule is CN(C)C(CC(=N)N)c1ccccc1. The molecule has 0 aliphatic rings. The lowest BCUT2D eigenvalue weighted by molar-refractivity contribution is 0.306. The largest absolute Gasteiger partial charge is 0.388 e.